The molecule has 0 aliphatic carbocycles. The summed E-state index contributed by atoms with van der Waals surface area (Å²) < 4.78 is 41.4. The Balaban J connectivity index is 2.98. The van der Waals surface area contributed by atoms with E-state index in [1.54, 1.807) is 6.92 Å². The molecule has 0 radical (unpaired) electrons. The summed E-state index contributed by atoms with van der Waals surface area (Å²) in [6, 6.07) is 1.91. The van der Waals surface area contributed by atoms with Gasteiger partial charge in [-0.15, -0.1) is 0 Å². The fourth-order valence-electron chi connectivity index (χ4n) is 1.61. The largest absolute Gasteiger partial charge is 0.380 e. The van der Waals surface area contributed by atoms with Gasteiger partial charge in [-0.3, -0.25) is 4.79 Å². The van der Waals surface area contributed by atoms with Crippen molar-refractivity contribution in [3.8, 4) is 0 Å². The molecule has 0 saturated heterocycles. The summed E-state index contributed by atoms with van der Waals surface area (Å²) in [7, 11) is -4.01. The Morgan fingerprint density at radius 2 is 2.10 bits per heavy atom. The van der Waals surface area contributed by atoms with Crippen LogP contribution in [0.4, 0.5) is 4.39 Å². The lowest BCUT2D eigenvalue weighted by atomic mass is 10.1. The highest BCUT2D eigenvalue weighted by atomic mass is 32.2. The summed E-state index contributed by atoms with van der Waals surface area (Å²) in [5.74, 6) is -1.52. The molecule has 0 atom stereocenters. The van der Waals surface area contributed by atoms with Crippen LogP contribution in [0.15, 0.2) is 17.0 Å². The molecule has 0 aliphatic heterocycles. The fourth-order valence-corrected chi connectivity index (χ4v) is 2.40. The van der Waals surface area contributed by atoms with Crippen molar-refractivity contribution in [2.24, 2.45) is 5.14 Å². The first-order chi connectivity index (χ1) is 9.27. The summed E-state index contributed by atoms with van der Waals surface area (Å²) in [6.07, 6.45) is 0. The lowest BCUT2D eigenvalue weighted by molar-refractivity contribution is 0.0918. The Bertz CT molecular complexity index is 602. The predicted octanol–water partition coefficient (Wildman–Crippen LogP) is 0.548. The van der Waals surface area contributed by atoms with E-state index in [0.29, 0.717) is 6.61 Å². The third kappa shape index (κ3) is 4.26. The van der Waals surface area contributed by atoms with Gasteiger partial charge in [0.25, 0.3) is 5.91 Å². The molecular weight excluding hydrogens is 287 g/mol. The Morgan fingerprint density at radius 3 is 2.65 bits per heavy atom. The third-order valence-electron chi connectivity index (χ3n) is 2.55. The number of amides is 1. The highest BCUT2D eigenvalue weighted by molar-refractivity contribution is 7.89. The molecule has 0 fully saturated rings. The zero-order valence-electron chi connectivity index (χ0n) is 11.3. The first kappa shape index (κ1) is 16.5. The molecule has 8 heteroatoms. The molecule has 112 valence electrons. The van der Waals surface area contributed by atoms with Crippen LogP contribution in [0.3, 0.4) is 0 Å². The minimum absolute atomic E-state index is 0.149. The molecule has 1 aromatic rings. The maximum absolute atomic E-state index is 13.7. The van der Waals surface area contributed by atoms with Crippen LogP contribution in [0.5, 0.6) is 0 Å². The number of primary sulfonamides is 1. The number of nitrogens with one attached hydrogen (secondary N) is 1. The first-order valence-corrected chi connectivity index (χ1v) is 7.51. The van der Waals surface area contributed by atoms with E-state index in [2.05, 4.69) is 5.32 Å². The van der Waals surface area contributed by atoms with Gasteiger partial charge < -0.3 is 10.1 Å². The van der Waals surface area contributed by atoms with Crippen molar-refractivity contribution in [1.29, 1.82) is 0 Å². The second-order valence-corrected chi connectivity index (χ2v) is 5.63. The fraction of sp³-hybridized carbons (Fsp3) is 0.417. The zero-order valence-corrected chi connectivity index (χ0v) is 12.1. The topological polar surface area (TPSA) is 98.5 Å². The molecule has 1 rings (SSSR count). The van der Waals surface area contributed by atoms with Crippen molar-refractivity contribution in [3.63, 3.8) is 0 Å². The van der Waals surface area contributed by atoms with Crippen molar-refractivity contribution in [3.05, 3.63) is 29.1 Å². The van der Waals surface area contributed by atoms with Gasteiger partial charge in [-0.25, -0.2) is 17.9 Å². The van der Waals surface area contributed by atoms with Crippen LogP contribution in [0.2, 0.25) is 0 Å². The highest BCUT2D eigenvalue weighted by Gasteiger charge is 2.19. The van der Waals surface area contributed by atoms with E-state index in [-0.39, 0.29) is 29.2 Å². The molecule has 6 nitrogen and oxygen atoms in total. The Kier molecular flexibility index (Phi) is 5.61. The van der Waals surface area contributed by atoms with Crippen LogP contribution < -0.4 is 10.5 Å². The third-order valence-corrected chi connectivity index (χ3v) is 3.60. The Hall–Kier alpha value is -1.51. The average Bonchev–Trinajstić information content (AvgIpc) is 2.32. The van der Waals surface area contributed by atoms with Crippen LogP contribution in [-0.4, -0.2) is 34.1 Å². The van der Waals surface area contributed by atoms with Crippen LogP contribution in [0.1, 0.15) is 22.8 Å². The summed E-state index contributed by atoms with van der Waals surface area (Å²) in [6.45, 7) is 4.20. The number of hydrogen-bond donors (Lipinski definition) is 2. The maximum atomic E-state index is 13.7. The lowest BCUT2D eigenvalue weighted by Crippen LogP contribution is -2.28. The van der Waals surface area contributed by atoms with Crippen LogP contribution in [0, 0.1) is 12.7 Å². The Morgan fingerprint density at radius 1 is 1.45 bits per heavy atom. The number of nitrogens with two attached hydrogens (primary N) is 1. The molecule has 0 aliphatic rings. The van der Waals surface area contributed by atoms with E-state index in [1.807, 2.05) is 0 Å². The number of carbonyl (C=O) groups is 1. The summed E-state index contributed by atoms with van der Waals surface area (Å²) >= 11 is 0. The number of hydrogen-bond acceptors (Lipinski definition) is 4. The van der Waals surface area contributed by atoms with E-state index >= 15 is 0 Å². The normalized spacial score (nSPS) is 11.4. The molecule has 0 spiro atoms. The molecule has 0 unspecified atom stereocenters. The van der Waals surface area contributed by atoms with Gasteiger partial charge in [-0.2, -0.15) is 0 Å². The zero-order chi connectivity index (χ0) is 15.3. The van der Waals surface area contributed by atoms with Gasteiger partial charge in [0.15, 0.2) is 0 Å². The van der Waals surface area contributed by atoms with Crippen molar-refractivity contribution < 1.29 is 22.3 Å². The van der Waals surface area contributed by atoms with Crippen LogP contribution >= 0.6 is 0 Å². The Labute approximate surface area is 117 Å². The van der Waals surface area contributed by atoms with Gasteiger partial charge in [0, 0.05) is 13.2 Å². The van der Waals surface area contributed by atoms with Crippen molar-refractivity contribution >= 4 is 15.9 Å². The van der Waals surface area contributed by atoms with E-state index in [1.165, 1.54) is 6.92 Å². The maximum Gasteiger partial charge on any atom is 0.254 e. The lowest BCUT2D eigenvalue weighted by Gasteiger charge is -2.09. The van der Waals surface area contributed by atoms with Gasteiger partial charge in [-0.1, -0.05) is 0 Å². The molecule has 0 aromatic heterocycles. The predicted molar refractivity (Wildman–Crippen MR) is 71.3 cm³/mol. The molecule has 1 amide bonds. The number of rotatable bonds is 6. The second-order valence-electron chi connectivity index (χ2n) is 4.10. The summed E-state index contributed by atoms with van der Waals surface area (Å²) in [5.41, 5.74) is -0.216. The van der Waals surface area contributed by atoms with Crippen molar-refractivity contribution in [2.45, 2.75) is 18.7 Å². The SMILES string of the molecule is CCOCCNC(=O)c1cc(S(N)(=O)=O)c(C)cc1F. The number of sulfonamides is 1. The van der Waals surface area contributed by atoms with E-state index < -0.39 is 21.7 Å². The van der Waals surface area contributed by atoms with Gasteiger partial charge >= 0.3 is 0 Å². The van der Waals surface area contributed by atoms with E-state index in [4.69, 9.17) is 9.88 Å². The molecule has 1 aromatic carbocycles. The highest BCUT2D eigenvalue weighted by Crippen LogP contribution is 2.19. The summed E-state index contributed by atoms with van der Waals surface area (Å²) in [4.78, 5) is 11.5. The van der Waals surface area contributed by atoms with Crippen molar-refractivity contribution in [1.82, 2.24) is 5.32 Å². The molecule has 0 heterocycles. The monoisotopic (exact) mass is 304 g/mol. The minimum Gasteiger partial charge on any atom is -0.380 e. The smallest absolute Gasteiger partial charge is 0.254 e. The van der Waals surface area contributed by atoms with Crippen molar-refractivity contribution in [2.75, 3.05) is 19.8 Å². The molecular formula is C12H17FN2O4S. The van der Waals surface area contributed by atoms with E-state index in [0.717, 1.165) is 12.1 Å². The second kappa shape index (κ2) is 6.78. The average molecular weight is 304 g/mol. The number of ether oxygens (including phenoxy) is 1. The first-order valence-electron chi connectivity index (χ1n) is 5.96. The number of aryl methyl sites for hydroxylation is 1. The summed E-state index contributed by atoms with van der Waals surface area (Å²) in [5, 5.41) is 7.45. The van der Waals surface area contributed by atoms with Crippen LogP contribution in [-0.2, 0) is 14.8 Å². The quantitative estimate of drug-likeness (QED) is 0.750. The van der Waals surface area contributed by atoms with Gasteiger partial charge in [-0.05, 0) is 31.5 Å². The number of benzene rings is 1. The van der Waals surface area contributed by atoms with Gasteiger partial charge in [0.2, 0.25) is 10.0 Å². The minimum atomic E-state index is -4.01. The molecule has 3 N–H and O–H groups in total. The van der Waals surface area contributed by atoms with E-state index in [9.17, 15) is 17.6 Å². The molecule has 0 saturated carbocycles. The van der Waals surface area contributed by atoms with Crippen LogP contribution in [0.25, 0.3) is 0 Å². The standard InChI is InChI=1S/C12H17FN2O4S/c1-3-19-5-4-15-12(16)9-7-11(20(14,17)18)8(2)6-10(9)13/h6-7H,3-5H2,1-2H3,(H,15,16)(H2,14,17,18). The van der Waals surface area contributed by atoms with Gasteiger partial charge in [0.1, 0.15) is 5.82 Å². The molecule has 0 bridgehead atoms. The number of halogens is 1. The number of carbonyl (C=O) groups excluding carboxylic acids is 1. The molecule has 20 heavy (non-hydrogen) atoms. The van der Waals surface area contributed by atoms with Gasteiger partial charge in [0.05, 0.1) is 17.1 Å².